The second-order valence-corrected chi connectivity index (χ2v) is 19.7. The molecule has 0 N–H and O–H groups in total. The summed E-state index contributed by atoms with van der Waals surface area (Å²) in [6, 6.07) is 0. The van der Waals surface area contributed by atoms with Crippen molar-refractivity contribution in [3.8, 4) is 0 Å². The highest BCUT2D eigenvalue weighted by Crippen LogP contribution is 2.69. The minimum absolute atomic E-state index is 0. The standard InChI is InChI=1S/2C14H24.C9H18.C7H12.10C2H6.9CH4/c1-7-5-11-13(9(7)3)12-6-8(2)10(4)14(11)12;1-7-5-11-12-6-8(2)10(4)14(12)13(11)9(7)3;1-6-5-7(2)9(4)8(6)3;1-6-4-3-5-7(6)2;10*1-2;;;;;;;;;/h2*7-14H,5-6H2,1-4H3;6-9H,5H2,1-4H3;3-4,6-7H,5H2,1-2H3;10*1-2H3;9*1H4/t7-,8-,9-,10-,11?,12?,13?,14?;7-,8+,9-,10+,11-,12?,13?,14?;6-,7+,8-,9+;6-,7+;;;;;;;;;;;;;;;;;;;/m00.1.................../s1. The normalized spacial score (nSPS) is 36.4. The molecule has 466 valence electrons. The molecule has 3 unspecified atom stereocenters. The Morgan fingerprint density at radius 1 is 0.219 bits per heavy atom. The number of hydrogen-bond acceptors (Lipinski definition) is 0. The zero-order valence-corrected chi connectivity index (χ0v) is 52.1. The van der Waals surface area contributed by atoms with Crippen molar-refractivity contribution in [2.45, 2.75) is 341 Å². The number of fused-ring (bicyclic) bond motifs is 8. The van der Waals surface area contributed by atoms with Crippen molar-refractivity contribution in [1.82, 2.24) is 0 Å². The van der Waals surface area contributed by atoms with Gasteiger partial charge in [0.25, 0.3) is 0 Å². The quantitative estimate of drug-likeness (QED) is 0.212. The van der Waals surface area contributed by atoms with E-state index in [1.165, 1.54) is 12.8 Å². The first kappa shape index (κ1) is 112. The van der Waals surface area contributed by atoms with Crippen molar-refractivity contribution in [3.63, 3.8) is 0 Å². The molecule has 0 radical (unpaired) electrons. The van der Waals surface area contributed by atoms with Gasteiger partial charge in [-0.25, -0.2) is 0 Å². The molecule has 8 aliphatic rings. The predicted molar refractivity (Wildman–Crippen MR) is 367 cm³/mol. The minimum atomic E-state index is 0. The van der Waals surface area contributed by atoms with Crippen LogP contribution in [0.2, 0.25) is 0 Å². The molecular weight excluding hydrogens is 877 g/mol. The number of rotatable bonds is 0. The SMILES string of the molecule is C.C.C.C.C.C.C.C.C.CC.CC.CC.CC.CC.CC.CC.CC.CC.CC.C[C@@H]1C2C(C[C@@H]1C)C1C2C[C@H](C)[C@@H]1C.C[C@@H]1C=CC[C@@H]1C.C[C@@H]1CC2C(C3[C@H]2C[C@H](C)[C@@H]3C)[C@@H]1C.C[C@@H]1[C@H](C)[C@H](C)C[C@@H]1C. The van der Waals surface area contributed by atoms with E-state index in [0.29, 0.717) is 0 Å². The lowest BCUT2D eigenvalue weighted by Crippen LogP contribution is -2.44. The molecule has 0 spiro atoms. The molecule has 7 fully saturated rings. The lowest BCUT2D eigenvalue weighted by molar-refractivity contribution is -0.0149. The molecule has 8 aliphatic carbocycles. The van der Waals surface area contributed by atoms with Gasteiger partial charge in [0.05, 0.1) is 0 Å². The minimum Gasteiger partial charge on any atom is -0.0880 e. The molecular formula is C73H174. The van der Waals surface area contributed by atoms with Crippen LogP contribution in [0, 0.1) is 130 Å². The van der Waals surface area contributed by atoms with E-state index in [9.17, 15) is 0 Å². The molecule has 0 aromatic heterocycles. The van der Waals surface area contributed by atoms with Crippen LogP contribution >= 0.6 is 0 Å². The van der Waals surface area contributed by atoms with Crippen LogP contribution in [0.4, 0.5) is 0 Å². The van der Waals surface area contributed by atoms with Crippen molar-refractivity contribution in [1.29, 1.82) is 0 Å². The fraction of sp³-hybridized carbons (Fsp3) is 0.973. The summed E-state index contributed by atoms with van der Waals surface area (Å²) in [5, 5.41) is 0. The van der Waals surface area contributed by atoms with E-state index in [-0.39, 0.29) is 66.8 Å². The Balaban J connectivity index is -0.0000000415. The van der Waals surface area contributed by atoms with E-state index in [2.05, 4.69) is 109 Å². The molecule has 73 heavy (non-hydrogen) atoms. The highest BCUT2D eigenvalue weighted by molar-refractivity contribution is 5.11. The highest BCUT2D eigenvalue weighted by atomic mass is 14.7. The van der Waals surface area contributed by atoms with Gasteiger partial charge in [-0.2, -0.15) is 0 Å². The van der Waals surface area contributed by atoms with Gasteiger partial charge in [-0.05, 0) is 169 Å². The maximum absolute atomic E-state index is 2.52. The van der Waals surface area contributed by atoms with Gasteiger partial charge in [0.2, 0.25) is 0 Å². The Hall–Kier alpha value is -0.260. The van der Waals surface area contributed by atoms with Crippen molar-refractivity contribution >= 4 is 0 Å². The third-order valence-electron chi connectivity index (χ3n) is 17.8. The zero-order chi connectivity index (χ0) is 52.4. The summed E-state index contributed by atoms with van der Waals surface area (Å²) in [5.74, 6) is 22.8. The van der Waals surface area contributed by atoms with Crippen molar-refractivity contribution in [2.75, 3.05) is 0 Å². The van der Waals surface area contributed by atoms with Crippen LogP contribution in [0.1, 0.15) is 341 Å². The molecule has 7 saturated carbocycles. The van der Waals surface area contributed by atoms with E-state index in [4.69, 9.17) is 0 Å². The fourth-order valence-electron chi connectivity index (χ4n) is 13.4. The monoisotopic (exact) mass is 1050 g/mol. The van der Waals surface area contributed by atoms with Crippen LogP contribution in [0.15, 0.2) is 12.2 Å². The maximum Gasteiger partial charge on any atom is -0.0233 e. The molecule has 0 nitrogen and oxygen atoms in total. The Labute approximate surface area is 480 Å². The van der Waals surface area contributed by atoms with Crippen LogP contribution in [0.5, 0.6) is 0 Å². The smallest absolute Gasteiger partial charge is 0.0233 e. The molecule has 0 heteroatoms. The zero-order valence-electron chi connectivity index (χ0n) is 52.1. The first-order valence-electron chi connectivity index (χ1n) is 30.3. The molecule has 0 heterocycles. The lowest BCUT2D eigenvalue weighted by Gasteiger charge is -2.49. The largest absolute Gasteiger partial charge is 0.0880 e. The summed E-state index contributed by atoms with van der Waals surface area (Å²) in [6.07, 6.45) is 13.5. The third kappa shape index (κ3) is 31.2. The fourth-order valence-corrected chi connectivity index (χ4v) is 13.4. The Bertz CT molecular complexity index is 889. The first-order valence-corrected chi connectivity index (χ1v) is 30.3. The molecule has 0 amide bonds. The van der Waals surface area contributed by atoms with E-state index in [0.717, 1.165) is 130 Å². The summed E-state index contributed by atoms with van der Waals surface area (Å²) in [4.78, 5) is 0. The molecule has 0 bridgehead atoms. The summed E-state index contributed by atoms with van der Waals surface area (Å²) in [7, 11) is 0. The Morgan fingerprint density at radius 3 is 0.562 bits per heavy atom. The average molecular weight is 1050 g/mol. The first-order chi connectivity index (χ1) is 30.6. The number of hydrogen-bond donors (Lipinski definition) is 0. The van der Waals surface area contributed by atoms with Crippen LogP contribution in [0.3, 0.4) is 0 Å². The van der Waals surface area contributed by atoms with E-state index in [1.54, 1.807) is 25.7 Å². The lowest BCUT2D eigenvalue weighted by atomic mass is 9.56. The van der Waals surface area contributed by atoms with Gasteiger partial charge in [-0.3, -0.25) is 0 Å². The van der Waals surface area contributed by atoms with Crippen LogP contribution in [-0.4, -0.2) is 0 Å². The molecule has 8 rings (SSSR count). The maximum atomic E-state index is 2.52. The molecule has 0 aromatic carbocycles. The van der Waals surface area contributed by atoms with Gasteiger partial charge >= 0.3 is 0 Å². The highest BCUT2D eigenvalue weighted by Gasteiger charge is 2.63. The van der Waals surface area contributed by atoms with Crippen molar-refractivity contribution in [2.24, 2.45) is 130 Å². The van der Waals surface area contributed by atoms with E-state index >= 15 is 0 Å². The van der Waals surface area contributed by atoms with Gasteiger partial charge < -0.3 is 0 Å². The predicted octanol–water partition coefficient (Wildman–Crippen LogP) is 28.8. The second-order valence-electron chi connectivity index (χ2n) is 19.7. The van der Waals surface area contributed by atoms with E-state index < -0.39 is 0 Å². The Kier molecular flexibility index (Phi) is 102. The van der Waals surface area contributed by atoms with Gasteiger partial charge in [0.15, 0.2) is 0 Å². The van der Waals surface area contributed by atoms with Gasteiger partial charge in [0, 0.05) is 0 Å². The van der Waals surface area contributed by atoms with Crippen LogP contribution in [-0.2, 0) is 0 Å². The number of allylic oxidation sites excluding steroid dienone is 2. The second kappa shape index (κ2) is 66.0. The van der Waals surface area contributed by atoms with Crippen LogP contribution in [0.25, 0.3) is 0 Å². The average Bonchev–Trinajstić information content (AvgIpc) is 4.12. The van der Waals surface area contributed by atoms with E-state index in [1.807, 2.05) is 138 Å². The summed E-state index contributed by atoms with van der Waals surface area (Å²) >= 11 is 0. The van der Waals surface area contributed by atoms with Crippen molar-refractivity contribution in [3.05, 3.63) is 12.2 Å². The summed E-state index contributed by atoms with van der Waals surface area (Å²) < 4.78 is 0. The van der Waals surface area contributed by atoms with Gasteiger partial charge in [-0.1, -0.05) is 314 Å². The summed E-state index contributed by atoms with van der Waals surface area (Å²) in [5.41, 5.74) is 0. The topological polar surface area (TPSA) is 0 Å². The van der Waals surface area contributed by atoms with Crippen molar-refractivity contribution < 1.29 is 0 Å². The Morgan fingerprint density at radius 2 is 0.411 bits per heavy atom. The van der Waals surface area contributed by atoms with Crippen LogP contribution < -0.4 is 0 Å². The van der Waals surface area contributed by atoms with Gasteiger partial charge in [0.1, 0.15) is 0 Å². The molecule has 0 saturated heterocycles. The van der Waals surface area contributed by atoms with Gasteiger partial charge in [-0.15, -0.1) is 0 Å². The molecule has 0 aliphatic heterocycles. The third-order valence-corrected chi connectivity index (χ3v) is 17.8. The molecule has 0 aromatic rings. The molecule has 18 atom stereocenters. The summed E-state index contributed by atoms with van der Waals surface area (Å²) in [6.45, 7) is 74.1.